The lowest BCUT2D eigenvalue weighted by Gasteiger charge is -2.04. The van der Waals surface area contributed by atoms with Gasteiger partial charge in [-0.1, -0.05) is 6.07 Å². The summed E-state index contributed by atoms with van der Waals surface area (Å²) in [6.45, 7) is 1.95. The number of hydrogen-bond donors (Lipinski definition) is 2. The summed E-state index contributed by atoms with van der Waals surface area (Å²) in [6, 6.07) is 9.83. The lowest BCUT2D eigenvalue weighted by atomic mass is 10.0. The van der Waals surface area contributed by atoms with Gasteiger partial charge in [-0.2, -0.15) is 5.26 Å². The molecule has 3 aromatic rings. The largest absolute Gasteiger partial charge is 0.366 e. The zero-order chi connectivity index (χ0) is 16.4. The first-order valence-corrected chi connectivity index (χ1v) is 7.03. The predicted molar refractivity (Wildman–Crippen MR) is 89.2 cm³/mol. The van der Waals surface area contributed by atoms with Gasteiger partial charge in [-0.25, -0.2) is 4.98 Å². The molecule has 1 aromatic carbocycles. The van der Waals surface area contributed by atoms with Crippen molar-refractivity contribution in [3.05, 3.63) is 59.4 Å². The molecule has 3 N–H and O–H groups in total. The van der Waals surface area contributed by atoms with Crippen LogP contribution in [0.25, 0.3) is 28.2 Å². The molecule has 0 aliphatic rings. The lowest BCUT2D eigenvalue weighted by molar-refractivity contribution is -0.113. The summed E-state index contributed by atoms with van der Waals surface area (Å²) in [5.41, 5.74) is 10.2. The SMILES string of the molecule is Cc1cc(C#N)cc(-c2cnc3[nH]cc(/C=C/C(N)=O)c3c2)c1. The van der Waals surface area contributed by atoms with E-state index in [4.69, 9.17) is 11.0 Å². The molecule has 0 fully saturated rings. The quantitative estimate of drug-likeness (QED) is 0.728. The van der Waals surface area contributed by atoms with Gasteiger partial charge in [0, 0.05) is 35.0 Å². The number of aryl methyl sites for hydroxylation is 1. The molecule has 0 saturated heterocycles. The van der Waals surface area contributed by atoms with Crippen LogP contribution in [0, 0.1) is 18.3 Å². The van der Waals surface area contributed by atoms with Gasteiger partial charge in [0.25, 0.3) is 0 Å². The van der Waals surface area contributed by atoms with Gasteiger partial charge in [-0.3, -0.25) is 4.79 Å². The highest BCUT2D eigenvalue weighted by Crippen LogP contribution is 2.26. The standard InChI is InChI=1S/C18H14N4O/c1-11-4-12(8-19)6-14(5-11)15-7-16-13(2-3-17(20)23)9-21-18(16)22-10-15/h2-7,9-10H,1H3,(H2,20,23)(H,21,22)/b3-2+. The van der Waals surface area contributed by atoms with Gasteiger partial charge in [-0.15, -0.1) is 0 Å². The highest BCUT2D eigenvalue weighted by atomic mass is 16.1. The number of benzene rings is 1. The van der Waals surface area contributed by atoms with Crippen LogP contribution in [-0.4, -0.2) is 15.9 Å². The van der Waals surface area contributed by atoms with Crippen LogP contribution in [0.2, 0.25) is 0 Å². The maximum absolute atomic E-state index is 10.9. The van der Waals surface area contributed by atoms with Crippen molar-refractivity contribution in [1.82, 2.24) is 9.97 Å². The van der Waals surface area contributed by atoms with Crippen molar-refractivity contribution in [3.63, 3.8) is 0 Å². The Morgan fingerprint density at radius 1 is 1.30 bits per heavy atom. The fourth-order valence-corrected chi connectivity index (χ4v) is 2.51. The van der Waals surface area contributed by atoms with Crippen LogP contribution in [0.1, 0.15) is 16.7 Å². The van der Waals surface area contributed by atoms with Gasteiger partial charge in [-0.05, 0) is 42.3 Å². The number of rotatable bonds is 3. The van der Waals surface area contributed by atoms with Crippen LogP contribution < -0.4 is 5.73 Å². The van der Waals surface area contributed by atoms with Crippen molar-refractivity contribution in [2.24, 2.45) is 5.73 Å². The van der Waals surface area contributed by atoms with Crippen LogP contribution >= 0.6 is 0 Å². The van der Waals surface area contributed by atoms with Crippen molar-refractivity contribution in [2.75, 3.05) is 0 Å². The number of aromatic nitrogens is 2. The maximum Gasteiger partial charge on any atom is 0.241 e. The molecule has 0 aliphatic carbocycles. The minimum absolute atomic E-state index is 0.499. The Hall–Kier alpha value is -3.39. The average Bonchev–Trinajstić information content (AvgIpc) is 2.94. The van der Waals surface area contributed by atoms with Crippen molar-refractivity contribution < 1.29 is 4.79 Å². The lowest BCUT2D eigenvalue weighted by Crippen LogP contribution is -2.04. The van der Waals surface area contributed by atoms with E-state index in [1.807, 2.05) is 31.2 Å². The molecule has 0 aliphatic heterocycles. The van der Waals surface area contributed by atoms with Crippen molar-refractivity contribution >= 4 is 23.0 Å². The summed E-state index contributed by atoms with van der Waals surface area (Å²) in [5, 5.41) is 10.0. The molecule has 0 bridgehead atoms. The zero-order valence-corrected chi connectivity index (χ0v) is 12.5. The second kappa shape index (κ2) is 5.78. The Kier molecular flexibility index (Phi) is 3.65. The molecule has 3 rings (SSSR count). The monoisotopic (exact) mass is 302 g/mol. The van der Waals surface area contributed by atoms with Crippen LogP contribution in [-0.2, 0) is 4.79 Å². The summed E-state index contributed by atoms with van der Waals surface area (Å²) in [7, 11) is 0. The zero-order valence-electron chi connectivity index (χ0n) is 12.5. The highest BCUT2D eigenvalue weighted by Gasteiger charge is 2.07. The maximum atomic E-state index is 10.9. The van der Waals surface area contributed by atoms with Gasteiger partial charge >= 0.3 is 0 Å². The Balaban J connectivity index is 2.13. The van der Waals surface area contributed by atoms with Gasteiger partial charge in [0.05, 0.1) is 11.6 Å². The number of H-pyrrole nitrogens is 1. The summed E-state index contributed by atoms with van der Waals surface area (Å²) in [5.74, 6) is -0.499. The van der Waals surface area contributed by atoms with E-state index in [1.54, 1.807) is 18.5 Å². The number of hydrogen-bond acceptors (Lipinski definition) is 3. The number of carbonyl (C=O) groups is 1. The number of primary amides is 1. The number of nitrogens with one attached hydrogen (secondary N) is 1. The third kappa shape index (κ3) is 2.97. The molecule has 2 heterocycles. The smallest absolute Gasteiger partial charge is 0.241 e. The number of aromatic amines is 1. The first-order valence-electron chi connectivity index (χ1n) is 7.03. The van der Waals surface area contributed by atoms with Gasteiger partial charge in [0.1, 0.15) is 5.65 Å². The van der Waals surface area contributed by atoms with E-state index in [0.717, 1.165) is 33.3 Å². The number of nitrogens with two attached hydrogens (primary N) is 1. The van der Waals surface area contributed by atoms with Gasteiger partial charge in [0.2, 0.25) is 5.91 Å². The molecule has 112 valence electrons. The molecule has 5 nitrogen and oxygen atoms in total. The van der Waals surface area contributed by atoms with E-state index in [9.17, 15) is 4.79 Å². The van der Waals surface area contributed by atoms with Crippen molar-refractivity contribution in [2.45, 2.75) is 6.92 Å². The van der Waals surface area contributed by atoms with Crippen molar-refractivity contribution in [3.8, 4) is 17.2 Å². The number of nitriles is 1. The first-order chi connectivity index (χ1) is 11.1. The molecular weight excluding hydrogens is 288 g/mol. The van der Waals surface area contributed by atoms with Crippen LogP contribution in [0.15, 0.2) is 42.7 Å². The summed E-state index contributed by atoms with van der Waals surface area (Å²) < 4.78 is 0. The Bertz CT molecular complexity index is 976. The molecule has 0 atom stereocenters. The average molecular weight is 302 g/mol. The minimum atomic E-state index is -0.499. The highest BCUT2D eigenvalue weighted by molar-refractivity contribution is 5.95. The van der Waals surface area contributed by atoms with E-state index < -0.39 is 5.91 Å². The summed E-state index contributed by atoms with van der Waals surface area (Å²) in [4.78, 5) is 18.4. The third-order valence-electron chi connectivity index (χ3n) is 3.53. The number of amides is 1. The minimum Gasteiger partial charge on any atom is -0.366 e. The predicted octanol–water partition coefficient (Wildman–Crippen LogP) is 2.91. The molecule has 0 radical (unpaired) electrons. The second-order valence-corrected chi connectivity index (χ2v) is 5.30. The summed E-state index contributed by atoms with van der Waals surface area (Å²) in [6.07, 6.45) is 6.51. The van der Waals surface area contributed by atoms with Gasteiger partial charge in [0.15, 0.2) is 0 Å². The number of carbonyl (C=O) groups excluding carboxylic acids is 1. The molecule has 5 heteroatoms. The fourth-order valence-electron chi connectivity index (χ4n) is 2.51. The molecule has 0 unspecified atom stereocenters. The molecular formula is C18H14N4O. The Morgan fingerprint density at radius 3 is 2.87 bits per heavy atom. The van der Waals surface area contributed by atoms with E-state index in [1.165, 1.54) is 6.08 Å². The molecule has 2 aromatic heterocycles. The molecule has 0 spiro atoms. The van der Waals surface area contributed by atoms with Gasteiger partial charge < -0.3 is 10.7 Å². The molecule has 1 amide bonds. The molecule has 0 saturated carbocycles. The number of pyridine rings is 1. The van der Waals surface area contributed by atoms with E-state index >= 15 is 0 Å². The van der Waals surface area contributed by atoms with Crippen LogP contribution in [0.3, 0.4) is 0 Å². The normalized spacial score (nSPS) is 11.0. The van der Waals surface area contributed by atoms with E-state index in [2.05, 4.69) is 16.0 Å². The van der Waals surface area contributed by atoms with Crippen LogP contribution in [0.5, 0.6) is 0 Å². The second-order valence-electron chi connectivity index (χ2n) is 5.30. The number of fused-ring (bicyclic) bond motifs is 1. The Morgan fingerprint density at radius 2 is 2.13 bits per heavy atom. The number of nitrogens with zero attached hydrogens (tertiary/aromatic N) is 2. The van der Waals surface area contributed by atoms with E-state index in [-0.39, 0.29) is 0 Å². The topological polar surface area (TPSA) is 95.6 Å². The van der Waals surface area contributed by atoms with Crippen LogP contribution in [0.4, 0.5) is 0 Å². The third-order valence-corrected chi connectivity index (χ3v) is 3.53. The first kappa shape index (κ1) is 14.5. The van der Waals surface area contributed by atoms with E-state index in [0.29, 0.717) is 5.56 Å². The van der Waals surface area contributed by atoms with Crippen molar-refractivity contribution in [1.29, 1.82) is 5.26 Å². The fraction of sp³-hybridized carbons (Fsp3) is 0.0556. The molecule has 23 heavy (non-hydrogen) atoms. The Labute approximate surface area is 133 Å². The summed E-state index contributed by atoms with van der Waals surface area (Å²) >= 11 is 0.